The molecule has 1 N–H and O–H groups in total. The molecule has 1 unspecified atom stereocenters. The van der Waals surface area contributed by atoms with E-state index >= 15 is 0 Å². The van der Waals surface area contributed by atoms with E-state index in [2.05, 4.69) is 11.8 Å². The van der Waals surface area contributed by atoms with E-state index in [9.17, 15) is 5.11 Å². The lowest BCUT2D eigenvalue weighted by Gasteiger charge is -2.29. The molecule has 96 valence electrons. The molecular formula is C14H23NO2. The number of rotatable bonds is 6. The first-order valence-corrected chi connectivity index (χ1v) is 6.10. The molecule has 0 amide bonds. The van der Waals surface area contributed by atoms with Crippen molar-refractivity contribution in [2.24, 2.45) is 0 Å². The standard InChI is InChI=1S/C14H23NO2/c1-5-14(16)12-8-6-7-9-13(12)15(3)11(2)10-17-4/h6-9,11,14,16H,5,10H2,1-4H3/t11?,14-/m1/s1. The smallest absolute Gasteiger partial charge is 0.0807 e. The van der Waals surface area contributed by atoms with Crippen LogP contribution < -0.4 is 4.90 Å². The van der Waals surface area contributed by atoms with Gasteiger partial charge in [0, 0.05) is 31.5 Å². The lowest BCUT2D eigenvalue weighted by atomic mass is 10.0. The van der Waals surface area contributed by atoms with Gasteiger partial charge in [-0.15, -0.1) is 0 Å². The summed E-state index contributed by atoms with van der Waals surface area (Å²) in [5.74, 6) is 0. The molecule has 1 aromatic carbocycles. The Morgan fingerprint density at radius 1 is 1.35 bits per heavy atom. The molecule has 0 aromatic heterocycles. The highest BCUT2D eigenvalue weighted by Crippen LogP contribution is 2.28. The predicted molar refractivity (Wildman–Crippen MR) is 71.4 cm³/mol. The minimum absolute atomic E-state index is 0.283. The summed E-state index contributed by atoms with van der Waals surface area (Å²) in [4.78, 5) is 2.15. The second-order valence-electron chi connectivity index (χ2n) is 4.40. The highest BCUT2D eigenvalue weighted by molar-refractivity contribution is 5.54. The number of hydrogen-bond acceptors (Lipinski definition) is 3. The number of aliphatic hydroxyl groups is 1. The molecule has 0 spiro atoms. The Labute approximate surface area is 104 Å². The zero-order chi connectivity index (χ0) is 12.8. The fourth-order valence-corrected chi connectivity index (χ4v) is 1.90. The third-order valence-corrected chi connectivity index (χ3v) is 3.13. The summed E-state index contributed by atoms with van der Waals surface area (Å²) < 4.78 is 5.17. The van der Waals surface area contributed by atoms with Crippen LogP contribution in [0.25, 0.3) is 0 Å². The second kappa shape index (κ2) is 6.62. The van der Waals surface area contributed by atoms with Gasteiger partial charge in [-0.1, -0.05) is 25.1 Å². The van der Waals surface area contributed by atoms with Gasteiger partial charge in [-0.3, -0.25) is 0 Å². The maximum Gasteiger partial charge on any atom is 0.0807 e. The molecule has 0 heterocycles. The minimum Gasteiger partial charge on any atom is -0.388 e. The molecule has 0 aliphatic carbocycles. The van der Waals surface area contributed by atoms with Crippen LogP contribution in [0.5, 0.6) is 0 Å². The van der Waals surface area contributed by atoms with E-state index in [0.29, 0.717) is 6.61 Å². The molecule has 0 fully saturated rings. The van der Waals surface area contributed by atoms with Crippen molar-refractivity contribution in [2.75, 3.05) is 25.7 Å². The van der Waals surface area contributed by atoms with Gasteiger partial charge in [0.15, 0.2) is 0 Å². The predicted octanol–water partition coefficient (Wildman–Crippen LogP) is 2.60. The SMILES string of the molecule is CC[C@@H](O)c1ccccc1N(C)C(C)COC. The van der Waals surface area contributed by atoms with E-state index in [4.69, 9.17) is 4.74 Å². The summed E-state index contributed by atoms with van der Waals surface area (Å²) in [6.45, 7) is 4.77. The Balaban J connectivity index is 2.96. The largest absolute Gasteiger partial charge is 0.388 e. The highest BCUT2D eigenvalue weighted by atomic mass is 16.5. The van der Waals surface area contributed by atoms with E-state index in [-0.39, 0.29) is 6.04 Å². The van der Waals surface area contributed by atoms with Gasteiger partial charge in [0.1, 0.15) is 0 Å². The van der Waals surface area contributed by atoms with Crippen molar-refractivity contribution in [1.29, 1.82) is 0 Å². The van der Waals surface area contributed by atoms with Crippen molar-refractivity contribution in [3.05, 3.63) is 29.8 Å². The fourth-order valence-electron chi connectivity index (χ4n) is 1.90. The molecule has 0 saturated heterocycles. The quantitative estimate of drug-likeness (QED) is 0.825. The second-order valence-corrected chi connectivity index (χ2v) is 4.40. The number of aliphatic hydroxyl groups excluding tert-OH is 1. The van der Waals surface area contributed by atoms with E-state index in [1.54, 1.807) is 7.11 Å². The van der Waals surface area contributed by atoms with Gasteiger partial charge < -0.3 is 14.7 Å². The van der Waals surface area contributed by atoms with Crippen molar-refractivity contribution in [3.63, 3.8) is 0 Å². The van der Waals surface area contributed by atoms with Crippen molar-refractivity contribution < 1.29 is 9.84 Å². The van der Waals surface area contributed by atoms with Gasteiger partial charge in [0.25, 0.3) is 0 Å². The van der Waals surface area contributed by atoms with Gasteiger partial charge in [-0.25, -0.2) is 0 Å². The topological polar surface area (TPSA) is 32.7 Å². The molecule has 17 heavy (non-hydrogen) atoms. The van der Waals surface area contributed by atoms with E-state index < -0.39 is 6.10 Å². The molecule has 1 aromatic rings. The van der Waals surface area contributed by atoms with Gasteiger partial charge in [-0.2, -0.15) is 0 Å². The van der Waals surface area contributed by atoms with Crippen LogP contribution in [0.4, 0.5) is 5.69 Å². The summed E-state index contributed by atoms with van der Waals surface area (Å²) in [5, 5.41) is 10.0. The highest BCUT2D eigenvalue weighted by Gasteiger charge is 2.16. The third kappa shape index (κ3) is 3.45. The van der Waals surface area contributed by atoms with E-state index in [1.165, 1.54) is 0 Å². The van der Waals surface area contributed by atoms with Gasteiger partial charge in [0.2, 0.25) is 0 Å². The zero-order valence-corrected chi connectivity index (χ0v) is 11.2. The number of benzene rings is 1. The Kier molecular flexibility index (Phi) is 5.45. The summed E-state index contributed by atoms with van der Waals surface area (Å²) in [6.07, 6.45) is 0.326. The summed E-state index contributed by atoms with van der Waals surface area (Å²) >= 11 is 0. The molecule has 0 radical (unpaired) electrons. The fraction of sp³-hybridized carbons (Fsp3) is 0.571. The van der Waals surface area contributed by atoms with Crippen LogP contribution >= 0.6 is 0 Å². The molecule has 0 saturated carbocycles. The Bertz CT molecular complexity index is 341. The lowest BCUT2D eigenvalue weighted by molar-refractivity contribution is 0.172. The minimum atomic E-state index is -0.400. The van der Waals surface area contributed by atoms with Crippen LogP contribution in [0, 0.1) is 0 Å². The third-order valence-electron chi connectivity index (χ3n) is 3.13. The lowest BCUT2D eigenvalue weighted by Crippen LogP contribution is -2.33. The van der Waals surface area contributed by atoms with Gasteiger partial charge in [-0.05, 0) is 19.4 Å². The number of hydrogen-bond donors (Lipinski definition) is 1. The monoisotopic (exact) mass is 237 g/mol. The maximum absolute atomic E-state index is 10.0. The summed E-state index contributed by atoms with van der Waals surface area (Å²) in [5.41, 5.74) is 2.06. The van der Waals surface area contributed by atoms with E-state index in [1.807, 2.05) is 38.2 Å². The van der Waals surface area contributed by atoms with Crippen molar-refractivity contribution in [2.45, 2.75) is 32.4 Å². The molecule has 0 aliphatic rings. The Morgan fingerprint density at radius 2 is 2.00 bits per heavy atom. The van der Waals surface area contributed by atoms with Crippen LogP contribution in [0.15, 0.2) is 24.3 Å². The molecule has 0 bridgehead atoms. The first kappa shape index (κ1) is 14.0. The number of methoxy groups -OCH3 is 1. The number of likely N-dealkylation sites (N-methyl/N-ethyl adjacent to an activating group) is 1. The molecule has 1 rings (SSSR count). The zero-order valence-electron chi connectivity index (χ0n) is 11.2. The molecule has 2 atom stereocenters. The van der Waals surface area contributed by atoms with Crippen LogP contribution in [0.1, 0.15) is 31.9 Å². The normalized spacial score (nSPS) is 14.4. The van der Waals surface area contributed by atoms with Crippen LogP contribution in [-0.4, -0.2) is 31.9 Å². The summed E-state index contributed by atoms with van der Waals surface area (Å²) in [7, 11) is 3.74. The van der Waals surface area contributed by atoms with Crippen LogP contribution in [-0.2, 0) is 4.74 Å². The number of nitrogens with zero attached hydrogens (tertiary/aromatic N) is 1. The Hall–Kier alpha value is -1.06. The maximum atomic E-state index is 10.0. The molecule has 3 nitrogen and oxygen atoms in total. The Morgan fingerprint density at radius 3 is 2.59 bits per heavy atom. The summed E-state index contributed by atoms with van der Waals surface area (Å²) in [6, 6.07) is 8.27. The van der Waals surface area contributed by atoms with Crippen molar-refractivity contribution >= 4 is 5.69 Å². The van der Waals surface area contributed by atoms with Gasteiger partial charge in [0.05, 0.1) is 12.7 Å². The van der Waals surface area contributed by atoms with E-state index in [0.717, 1.165) is 17.7 Å². The van der Waals surface area contributed by atoms with Crippen LogP contribution in [0.2, 0.25) is 0 Å². The number of anilines is 1. The average molecular weight is 237 g/mol. The first-order chi connectivity index (χ1) is 8.11. The van der Waals surface area contributed by atoms with Gasteiger partial charge >= 0.3 is 0 Å². The number of ether oxygens (including phenoxy) is 1. The van der Waals surface area contributed by atoms with Crippen molar-refractivity contribution in [3.8, 4) is 0 Å². The number of para-hydroxylation sites is 1. The first-order valence-electron chi connectivity index (χ1n) is 6.10. The molecule has 0 aliphatic heterocycles. The average Bonchev–Trinajstić information content (AvgIpc) is 2.37. The molecular weight excluding hydrogens is 214 g/mol. The molecule has 3 heteroatoms. The van der Waals surface area contributed by atoms with Crippen molar-refractivity contribution in [1.82, 2.24) is 0 Å². The van der Waals surface area contributed by atoms with Crippen LogP contribution in [0.3, 0.4) is 0 Å².